The highest BCUT2D eigenvalue weighted by molar-refractivity contribution is 5.72. The monoisotopic (exact) mass is 327 g/mol. The molecule has 0 atom stereocenters. The molecule has 122 valence electrons. The zero-order valence-electron chi connectivity index (χ0n) is 11.9. The van der Waals surface area contributed by atoms with E-state index in [4.69, 9.17) is 9.84 Å². The maximum Gasteiger partial charge on any atom is 0.421 e. The second-order valence-electron chi connectivity index (χ2n) is 4.55. The molecule has 0 aliphatic heterocycles. The van der Waals surface area contributed by atoms with Gasteiger partial charge in [-0.05, 0) is 23.8 Å². The van der Waals surface area contributed by atoms with Gasteiger partial charge < -0.3 is 14.6 Å². The van der Waals surface area contributed by atoms with Crippen LogP contribution in [0.15, 0.2) is 36.5 Å². The maximum absolute atomic E-state index is 12.9. The molecule has 0 fully saturated rings. The first-order valence-electron chi connectivity index (χ1n) is 6.39. The maximum atomic E-state index is 12.9. The highest BCUT2D eigenvalue weighted by Crippen LogP contribution is 2.38. The third-order valence-electron chi connectivity index (χ3n) is 2.83. The number of benzene rings is 1. The molecule has 0 amide bonds. The number of carbonyl (C=O) groups is 1. The van der Waals surface area contributed by atoms with Crippen LogP contribution in [0.3, 0.4) is 0 Å². The number of ether oxygens (including phenoxy) is 2. The minimum Gasteiger partial charge on any atom is -0.506 e. The van der Waals surface area contributed by atoms with Gasteiger partial charge in [0.1, 0.15) is 17.1 Å². The van der Waals surface area contributed by atoms with Crippen molar-refractivity contribution >= 4 is 5.97 Å². The zero-order chi connectivity index (χ0) is 17.0. The van der Waals surface area contributed by atoms with Gasteiger partial charge in [-0.2, -0.15) is 13.2 Å². The standard InChI is InChI=1S/C15H12F3NO4/c1-22-13(21)6-9-3-2-4-11(5-9)23-14-12(15(16,17)18)7-10(20)8-19-14/h2-5,7-8,20H,6H2,1H3. The fraction of sp³-hybridized carbons (Fsp3) is 0.200. The van der Waals surface area contributed by atoms with E-state index in [0.717, 1.165) is 6.20 Å². The second-order valence-corrected chi connectivity index (χ2v) is 4.55. The van der Waals surface area contributed by atoms with Crippen LogP contribution in [0.25, 0.3) is 0 Å². The van der Waals surface area contributed by atoms with E-state index in [-0.39, 0.29) is 12.2 Å². The smallest absolute Gasteiger partial charge is 0.421 e. The van der Waals surface area contributed by atoms with E-state index in [1.165, 1.54) is 25.3 Å². The number of halogens is 3. The van der Waals surface area contributed by atoms with Crippen LogP contribution >= 0.6 is 0 Å². The summed E-state index contributed by atoms with van der Waals surface area (Å²) in [5.74, 6) is -1.72. The molecule has 5 nitrogen and oxygen atoms in total. The van der Waals surface area contributed by atoms with Crippen LogP contribution in [0.4, 0.5) is 13.2 Å². The summed E-state index contributed by atoms with van der Waals surface area (Å²) in [6.45, 7) is 0. The van der Waals surface area contributed by atoms with Crippen molar-refractivity contribution in [2.45, 2.75) is 12.6 Å². The van der Waals surface area contributed by atoms with Crippen molar-refractivity contribution in [3.8, 4) is 17.4 Å². The van der Waals surface area contributed by atoms with Gasteiger partial charge in [0, 0.05) is 0 Å². The predicted octanol–water partition coefficient (Wildman–Crippen LogP) is 3.31. The van der Waals surface area contributed by atoms with Crippen molar-refractivity contribution < 1.29 is 32.5 Å². The van der Waals surface area contributed by atoms with Crippen LogP contribution in [0, 0.1) is 0 Å². The number of methoxy groups -OCH3 is 1. The van der Waals surface area contributed by atoms with Crippen molar-refractivity contribution in [3.63, 3.8) is 0 Å². The Bertz CT molecular complexity index is 716. The lowest BCUT2D eigenvalue weighted by Gasteiger charge is -2.13. The summed E-state index contributed by atoms with van der Waals surface area (Å²) in [5.41, 5.74) is -0.683. The highest BCUT2D eigenvalue weighted by Gasteiger charge is 2.36. The van der Waals surface area contributed by atoms with Crippen molar-refractivity contribution in [2.24, 2.45) is 0 Å². The number of alkyl halides is 3. The Kier molecular flexibility index (Phi) is 4.73. The van der Waals surface area contributed by atoms with Gasteiger partial charge >= 0.3 is 12.1 Å². The van der Waals surface area contributed by atoms with Crippen LogP contribution in [0.1, 0.15) is 11.1 Å². The fourth-order valence-electron chi connectivity index (χ4n) is 1.80. The lowest BCUT2D eigenvalue weighted by molar-refractivity contribution is -0.140. The summed E-state index contributed by atoms with van der Waals surface area (Å²) in [5, 5.41) is 9.17. The number of nitrogens with zero attached hydrogens (tertiary/aromatic N) is 1. The number of hydrogen-bond donors (Lipinski definition) is 1. The van der Waals surface area contributed by atoms with E-state index < -0.39 is 29.3 Å². The van der Waals surface area contributed by atoms with E-state index in [1.807, 2.05) is 0 Å². The topological polar surface area (TPSA) is 68.7 Å². The van der Waals surface area contributed by atoms with E-state index in [1.54, 1.807) is 6.07 Å². The van der Waals surface area contributed by atoms with Gasteiger partial charge in [-0.1, -0.05) is 12.1 Å². The SMILES string of the molecule is COC(=O)Cc1cccc(Oc2ncc(O)cc2C(F)(F)F)c1. The fourth-order valence-corrected chi connectivity index (χ4v) is 1.80. The Hall–Kier alpha value is -2.77. The van der Waals surface area contributed by atoms with Crippen LogP contribution in [0.5, 0.6) is 17.4 Å². The molecular weight excluding hydrogens is 315 g/mol. The van der Waals surface area contributed by atoms with Crippen LogP contribution in [-0.2, 0) is 22.1 Å². The normalized spacial score (nSPS) is 11.1. The molecular formula is C15H12F3NO4. The number of pyridine rings is 1. The molecule has 0 bridgehead atoms. The molecule has 1 aromatic heterocycles. The molecule has 0 aliphatic carbocycles. The predicted molar refractivity (Wildman–Crippen MR) is 73.1 cm³/mol. The number of hydrogen-bond acceptors (Lipinski definition) is 5. The van der Waals surface area contributed by atoms with Crippen molar-refractivity contribution in [2.75, 3.05) is 7.11 Å². The Morgan fingerprint density at radius 1 is 1.30 bits per heavy atom. The van der Waals surface area contributed by atoms with E-state index >= 15 is 0 Å². The van der Waals surface area contributed by atoms with E-state index in [9.17, 15) is 18.0 Å². The molecule has 1 aromatic carbocycles. The average Bonchev–Trinajstić information content (AvgIpc) is 2.48. The molecule has 0 unspecified atom stereocenters. The molecule has 8 heteroatoms. The molecule has 2 aromatic rings. The summed E-state index contributed by atoms with van der Waals surface area (Å²) < 4.78 is 48.5. The first-order chi connectivity index (χ1) is 10.8. The molecule has 0 radical (unpaired) electrons. The third-order valence-corrected chi connectivity index (χ3v) is 2.83. The summed E-state index contributed by atoms with van der Waals surface area (Å²) in [6, 6.07) is 6.50. The van der Waals surface area contributed by atoms with Crippen LogP contribution < -0.4 is 4.74 Å². The summed E-state index contributed by atoms with van der Waals surface area (Å²) in [7, 11) is 1.23. The highest BCUT2D eigenvalue weighted by atomic mass is 19.4. The molecule has 0 saturated heterocycles. The summed E-state index contributed by atoms with van der Waals surface area (Å²) >= 11 is 0. The van der Waals surface area contributed by atoms with Gasteiger partial charge in [0.05, 0.1) is 19.7 Å². The summed E-state index contributed by atoms with van der Waals surface area (Å²) in [6.07, 6.45) is -3.92. The number of aromatic hydroxyl groups is 1. The Balaban J connectivity index is 2.29. The molecule has 1 heterocycles. The third kappa shape index (κ3) is 4.35. The number of aromatic nitrogens is 1. The van der Waals surface area contributed by atoms with Crippen molar-refractivity contribution in [1.82, 2.24) is 4.98 Å². The van der Waals surface area contributed by atoms with E-state index in [0.29, 0.717) is 11.6 Å². The van der Waals surface area contributed by atoms with Crippen molar-refractivity contribution in [3.05, 3.63) is 47.7 Å². The number of rotatable bonds is 4. The van der Waals surface area contributed by atoms with Gasteiger partial charge in [0.2, 0.25) is 5.88 Å². The van der Waals surface area contributed by atoms with Crippen LogP contribution in [0.2, 0.25) is 0 Å². The first-order valence-corrected chi connectivity index (χ1v) is 6.39. The lowest BCUT2D eigenvalue weighted by atomic mass is 10.1. The number of esters is 1. The van der Waals surface area contributed by atoms with Gasteiger partial charge in [-0.15, -0.1) is 0 Å². The first kappa shape index (κ1) is 16.6. The Labute approximate surface area is 129 Å². The zero-order valence-corrected chi connectivity index (χ0v) is 11.9. The molecule has 1 N–H and O–H groups in total. The molecule has 23 heavy (non-hydrogen) atoms. The molecule has 2 rings (SSSR count). The van der Waals surface area contributed by atoms with Gasteiger partial charge in [-0.3, -0.25) is 4.79 Å². The molecule has 0 saturated carbocycles. The quantitative estimate of drug-likeness (QED) is 0.873. The minimum atomic E-state index is -4.73. The average molecular weight is 327 g/mol. The Morgan fingerprint density at radius 2 is 2.04 bits per heavy atom. The molecule has 0 spiro atoms. The van der Waals surface area contributed by atoms with Gasteiger partial charge in [0.25, 0.3) is 0 Å². The lowest BCUT2D eigenvalue weighted by Crippen LogP contribution is -2.08. The Morgan fingerprint density at radius 3 is 2.70 bits per heavy atom. The van der Waals surface area contributed by atoms with Crippen LogP contribution in [-0.4, -0.2) is 23.2 Å². The van der Waals surface area contributed by atoms with Gasteiger partial charge in [0.15, 0.2) is 0 Å². The minimum absolute atomic E-state index is 0.0389. The van der Waals surface area contributed by atoms with E-state index in [2.05, 4.69) is 9.72 Å². The van der Waals surface area contributed by atoms with Gasteiger partial charge in [-0.25, -0.2) is 4.98 Å². The number of carbonyl (C=O) groups excluding carboxylic acids is 1. The summed E-state index contributed by atoms with van der Waals surface area (Å²) in [4.78, 5) is 14.7. The van der Waals surface area contributed by atoms with Crippen molar-refractivity contribution in [1.29, 1.82) is 0 Å². The molecule has 0 aliphatic rings. The largest absolute Gasteiger partial charge is 0.506 e. The second kappa shape index (κ2) is 6.55.